The molecular formula is C69H69Cl2FN10O10S. The number of carboxylic acid groups (broad SMARTS) is 1. The Balaban J connectivity index is 0.000000173. The van der Waals surface area contributed by atoms with Gasteiger partial charge in [0.25, 0.3) is 11.8 Å². The van der Waals surface area contributed by atoms with Crippen LogP contribution in [0, 0.1) is 5.82 Å². The van der Waals surface area contributed by atoms with Gasteiger partial charge in [-0.05, 0) is 113 Å². The Bertz CT molecular complexity index is 4350. The third kappa shape index (κ3) is 16.2. The SMILES string of the molecule is CC(C)c1c(C(=O)Nc2ccccc2)c(-c2ccccc2)c(-c2ccc(F)cc2)n1CC[C@@H](O)C[C@@H](O)CC(=O)O.CCCCc1nc(Cl)c(CO)n1Cc1ccc(-c2ccccc2-c2nn[nH]n2)cc1.NS(=O)(=O)c1cc(C2(O)NC(=O)c3ccccc32)ccc1Cl. The summed E-state index contributed by atoms with van der Waals surface area (Å²) in [5.74, 6) is -0.908. The van der Waals surface area contributed by atoms with Crippen molar-refractivity contribution in [3.05, 3.63) is 237 Å². The molecule has 1 aliphatic heterocycles. The van der Waals surface area contributed by atoms with Crippen LogP contribution in [0.1, 0.15) is 113 Å². The number of carboxylic acids is 1. The number of imidazole rings is 1. The average Bonchev–Trinajstić information content (AvgIpc) is 1.63. The predicted molar refractivity (Wildman–Crippen MR) is 353 cm³/mol. The molecule has 0 aliphatic carbocycles. The molecule has 3 aromatic heterocycles. The van der Waals surface area contributed by atoms with Crippen molar-refractivity contribution in [3.8, 4) is 44.9 Å². The Kier molecular flexibility index (Phi) is 22.3. The number of unbranched alkanes of at least 4 members (excludes halogenated alkanes) is 1. The number of aromatic nitrogens is 7. The summed E-state index contributed by atoms with van der Waals surface area (Å²) in [4.78, 5) is 41.1. The van der Waals surface area contributed by atoms with Crippen molar-refractivity contribution in [1.82, 2.24) is 40.1 Å². The lowest BCUT2D eigenvalue weighted by molar-refractivity contribution is -0.139. The molecule has 93 heavy (non-hydrogen) atoms. The van der Waals surface area contributed by atoms with Crippen LogP contribution >= 0.6 is 23.2 Å². The molecule has 0 fully saturated rings. The van der Waals surface area contributed by atoms with Gasteiger partial charge in [-0.1, -0.05) is 172 Å². The molecule has 3 atom stereocenters. The number of para-hydroxylation sites is 1. The van der Waals surface area contributed by atoms with E-state index in [1.165, 1.54) is 24.3 Å². The number of aryl methyl sites for hydroxylation is 1. The maximum absolute atomic E-state index is 14.0. The minimum absolute atomic E-state index is 0.0625. The van der Waals surface area contributed by atoms with Gasteiger partial charge in [-0.3, -0.25) is 14.4 Å². The Labute approximate surface area is 546 Å². The summed E-state index contributed by atoms with van der Waals surface area (Å²) in [5, 5.41) is 75.7. The number of carbonyl (C=O) groups excluding carboxylic acids is 2. The molecule has 10 N–H and O–H groups in total. The smallest absolute Gasteiger partial charge is 0.305 e. The second-order valence-electron chi connectivity index (χ2n) is 22.4. The Hall–Kier alpha value is -9.23. The first kappa shape index (κ1) is 68.1. The van der Waals surface area contributed by atoms with Gasteiger partial charge in [0.2, 0.25) is 15.8 Å². The number of nitrogens with two attached hydrogens (primary N) is 1. The number of nitrogens with zero attached hydrogens (tertiary/aromatic N) is 6. The lowest BCUT2D eigenvalue weighted by Crippen LogP contribution is -2.40. The average molecular weight is 1320 g/mol. The molecule has 482 valence electrons. The van der Waals surface area contributed by atoms with Gasteiger partial charge in [0.05, 0.1) is 47.2 Å². The number of benzene rings is 7. The second kappa shape index (κ2) is 30.5. The molecule has 0 spiro atoms. The summed E-state index contributed by atoms with van der Waals surface area (Å²) in [6, 6.07) is 51.5. The lowest BCUT2D eigenvalue weighted by atomic mass is 9.94. The van der Waals surface area contributed by atoms with Gasteiger partial charge in [0.1, 0.15) is 16.5 Å². The largest absolute Gasteiger partial charge is 0.481 e. The highest BCUT2D eigenvalue weighted by Gasteiger charge is 2.43. The number of fused-ring (bicyclic) bond motifs is 1. The van der Waals surface area contributed by atoms with Gasteiger partial charge in [-0.2, -0.15) is 5.21 Å². The van der Waals surface area contributed by atoms with E-state index in [1.54, 1.807) is 36.4 Å². The van der Waals surface area contributed by atoms with Crippen molar-refractivity contribution in [2.45, 2.75) is 108 Å². The molecule has 1 aliphatic rings. The number of nitrogens with one attached hydrogen (secondary N) is 3. The van der Waals surface area contributed by atoms with Crippen LogP contribution in [-0.4, -0.2) is 98.7 Å². The molecule has 24 heteroatoms. The van der Waals surface area contributed by atoms with E-state index in [1.807, 2.05) is 108 Å². The summed E-state index contributed by atoms with van der Waals surface area (Å²) >= 11 is 12.1. The zero-order chi connectivity index (χ0) is 66.6. The molecule has 20 nitrogen and oxygen atoms in total. The molecule has 4 heterocycles. The number of aliphatic carboxylic acids is 1. The number of halogens is 3. The number of anilines is 1. The Morgan fingerprint density at radius 2 is 1.42 bits per heavy atom. The maximum atomic E-state index is 14.0. The highest BCUT2D eigenvalue weighted by molar-refractivity contribution is 7.89. The van der Waals surface area contributed by atoms with Crippen molar-refractivity contribution in [3.63, 3.8) is 0 Å². The monoisotopic (exact) mass is 1320 g/mol. The van der Waals surface area contributed by atoms with Gasteiger partial charge in [-0.15, -0.1) is 10.2 Å². The molecule has 2 amide bonds. The number of aliphatic hydroxyl groups is 4. The molecular weight excluding hydrogens is 1250 g/mol. The first-order valence-electron chi connectivity index (χ1n) is 29.9. The molecule has 1 unspecified atom stereocenters. The van der Waals surface area contributed by atoms with Gasteiger partial charge < -0.3 is 45.3 Å². The fourth-order valence-electron chi connectivity index (χ4n) is 11.2. The molecule has 0 bridgehead atoms. The van der Waals surface area contributed by atoms with Gasteiger partial charge in [-0.25, -0.2) is 22.9 Å². The fourth-order valence-corrected chi connectivity index (χ4v) is 12.5. The third-order valence-corrected chi connectivity index (χ3v) is 17.3. The maximum Gasteiger partial charge on any atom is 0.305 e. The van der Waals surface area contributed by atoms with Crippen molar-refractivity contribution >= 4 is 56.7 Å². The van der Waals surface area contributed by atoms with Crippen LogP contribution in [0.4, 0.5) is 10.1 Å². The summed E-state index contributed by atoms with van der Waals surface area (Å²) in [6.07, 6.45) is 0.441. The molecule has 11 rings (SSSR count). The predicted octanol–water partition coefficient (Wildman–Crippen LogP) is 11.5. The van der Waals surface area contributed by atoms with Crippen LogP contribution in [-0.2, 0) is 46.7 Å². The highest BCUT2D eigenvalue weighted by atomic mass is 35.5. The highest BCUT2D eigenvalue weighted by Crippen LogP contribution is 2.43. The number of aliphatic hydroxyl groups excluding tert-OH is 3. The first-order chi connectivity index (χ1) is 44.6. The minimum atomic E-state index is -4.06. The number of sulfonamides is 1. The van der Waals surface area contributed by atoms with Crippen molar-refractivity contribution in [2.75, 3.05) is 5.32 Å². The van der Waals surface area contributed by atoms with E-state index < -0.39 is 46.3 Å². The summed E-state index contributed by atoms with van der Waals surface area (Å²) in [5.41, 5.74) is 8.54. The van der Waals surface area contributed by atoms with Crippen molar-refractivity contribution in [1.29, 1.82) is 0 Å². The number of primary sulfonamides is 1. The fraction of sp³-hybridized carbons (Fsp3) is 0.232. The van der Waals surface area contributed by atoms with Crippen LogP contribution in [0.3, 0.4) is 0 Å². The standard InChI is InChI=1S/C33H35FN2O5.C22H23ClN6O.C14H11ClN2O4S/c1-21(2)31-30(33(41)35-25-11-7-4-8-12-25)29(22-9-5-3-6-10-22)32(23-13-15-24(34)16-14-23)36(31)18-17-26(37)19-27(38)20-28(39)40;1-2-3-8-20-24-21(23)19(14-30)29(20)13-15-9-11-16(12-10-15)17-6-4-5-7-18(17)22-25-27-28-26-22;15-11-6-5-8(7-12(11)22(16,20)21)14(19)10-4-2-1-3-9(10)13(18)17-14/h3-16,21,26-27,37-38H,17-20H2,1-2H3,(H,35,41)(H,39,40);4-7,9-12,30H,2-3,8,13-14H2,1H3,(H,25,26,27,28);1-7,19H,(H,17,18)(H2,16,20,21)/t26-,27-;;/m1../s1. The quantitative estimate of drug-likeness (QED) is 0.0305. The molecule has 0 saturated heterocycles. The number of carbonyl (C=O) groups is 3. The van der Waals surface area contributed by atoms with Crippen molar-refractivity contribution < 1.29 is 52.7 Å². The van der Waals surface area contributed by atoms with E-state index >= 15 is 0 Å². The molecule has 0 radical (unpaired) electrons. The summed E-state index contributed by atoms with van der Waals surface area (Å²) in [6.45, 7) is 6.88. The number of tetrazole rings is 1. The molecule has 7 aromatic carbocycles. The van der Waals surface area contributed by atoms with Crippen LogP contribution in [0.5, 0.6) is 0 Å². The van der Waals surface area contributed by atoms with E-state index in [4.69, 9.17) is 33.4 Å². The number of H-pyrrole nitrogens is 1. The number of rotatable bonds is 22. The summed E-state index contributed by atoms with van der Waals surface area (Å²) in [7, 11) is -4.06. The van der Waals surface area contributed by atoms with Gasteiger partial charge >= 0.3 is 5.97 Å². The van der Waals surface area contributed by atoms with Crippen LogP contribution < -0.4 is 15.8 Å². The Morgan fingerprint density at radius 3 is 2.04 bits per heavy atom. The lowest BCUT2D eigenvalue weighted by Gasteiger charge is -2.25. The molecule has 10 aromatic rings. The second-order valence-corrected chi connectivity index (χ2v) is 24.7. The Morgan fingerprint density at radius 1 is 0.785 bits per heavy atom. The van der Waals surface area contributed by atoms with Gasteiger partial charge in [0.15, 0.2) is 10.9 Å². The zero-order valence-electron chi connectivity index (χ0n) is 50.9. The van der Waals surface area contributed by atoms with E-state index in [2.05, 4.69) is 67.4 Å². The van der Waals surface area contributed by atoms with Crippen LogP contribution in [0.2, 0.25) is 10.2 Å². The third-order valence-electron chi connectivity index (χ3n) is 15.6. The molecule has 0 saturated carbocycles. The van der Waals surface area contributed by atoms with Crippen LogP contribution in [0.25, 0.3) is 44.9 Å². The zero-order valence-corrected chi connectivity index (χ0v) is 53.2. The summed E-state index contributed by atoms with van der Waals surface area (Å²) < 4.78 is 41.1. The van der Waals surface area contributed by atoms with Crippen LogP contribution in [0.15, 0.2) is 181 Å². The van der Waals surface area contributed by atoms with Crippen molar-refractivity contribution in [2.24, 2.45) is 5.14 Å². The van der Waals surface area contributed by atoms with E-state index in [0.29, 0.717) is 62.4 Å². The van der Waals surface area contributed by atoms with E-state index in [-0.39, 0.29) is 59.1 Å². The normalized spacial score (nSPS) is 14.1. The first-order valence-corrected chi connectivity index (χ1v) is 32.2. The minimum Gasteiger partial charge on any atom is -0.481 e. The number of aromatic amines is 1. The topological polar surface area (TPSA) is 314 Å². The number of hydrogen-bond donors (Lipinski definition) is 9. The number of hydrogen-bond acceptors (Lipinski definition) is 13. The van der Waals surface area contributed by atoms with E-state index in [9.17, 15) is 47.6 Å². The van der Waals surface area contributed by atoms with E-state index in [0.717, 1.165) is 64.7 Å². The van der Waals surface area contributed by atoms with Gasteiger partial charge in [0, 0.05) is 58.7 Å². The number of amides is 2.